The minimum atomic E-state index is -4.38. The van der Waals surface area contributed by atoms with Crippen molar-refractivity contribution in [2.24, 2.45) is 0 Å². The van der Waals surface area contributed by atoms with Crippen molar-refractivity contribution in [1.82, 2.24) is 20.0 Å². The molecule has 1 aromatic carbocycles. The average molecular weight is 391 g/mol. The van der Waals surface area contributed by atoms with E-state index in [4.69, 9.17) is 4.52 Å². The summed E-state index contributed by atoms with van der Waals surface area (Å²) >= 11 is 0. The molecule has 9 heteroatoms. The highest BCUT2D eigenvalue weighted by Crippen LogP contribution is 2.32. The van der Waals surface area contributed by atoms with Crippen LogP contribution in [0.4, 0.5) is 19.0 Å². The predicted octanol–water partition coefficient (Wildman–Crippen LogP) is 4.17. The van der Waals surface area contributed by atoms with Crippen LogP contribution >= 0.6 is 0 Å². The summed E-state index contributed by atoms with van der Waals surface area (Å²) in [6.45, 7) is 2.05. The maximum absolute atomic E-state index is 13.1. The molecule has 28 heavy (non-hydrogen) atoms. The number of benzene rings is 1. The van der Waals surface area contributed by atoms with Gasteiger partial charge in [-0.1, -0.05) is 17.3 Å². The van der Waals surface area contributed by atoms with Gasteiger partial charge < -0.3 is 14.7 Å². The van der Waals surface area contributed by atoms with E-state index in [0.717, 1.165) is 6.07 Å². The topological polar surface area (TPSA) is 67.1 Å². The average Bonchev–Trinajstić information content (AvgIpc) is 3.08. The molecule has 1 N–H and O–H groups in total. The largest absolute Gasteiger partial charge is 0.416 e. The molecule has 0 aliphatic carbocycles. The van der Waals surface area contributed by atoms with E-state index in [1.807, 2.05) is 19.0 Å². The van der Waals surface area contributed by atoms with E-state index in [9.17, 15) is 13.2 Å². The Kier molecular flexibility index (Phi) is 5.64. The molecule has 1 unspecified atom stereocenters. The number of anilines is 1. The quantitative estimate of drug-likeness (QED) is 0.680. The molecule has 0 radical (unpaired) electrons. The van der Waals surface area contributed by atoms with E-state index >= 15 is 0 Å². The number of rotatable bonds is 6. The minimum absolute atomic E-state index is 0.304. The van der Waals surface area contributed by atoms with Gasteiger partial charge in [0.25, 0.3) is 5.89 Å². The fourth-order valence-electron chi connectivity index (χ4n) is 2.84. The Balaban J connectivity index is 1.84. The standard InChI is InChI=1S/C19H20F3N5O/c1-12-25-18(28-26-12)15-8-5-9-23-17(15)24-11-16(27(2)3)13-6-4-7-14(10-13)19(20,21)22/h4-10,16H,11H2,1-3H3,(H,23,24). The molecular formula is C19H20F3N5O. The molecule has 2 aromatic heterocycles. The molecule has 0 fully saturated rings. The second-order valence-electron chi connectivity index (χ2n) is 6.53. The Morgan fingerprint density at radius 3 is 2.61 bits per heavy atom. The van der Waals surface area contributed by atoms with E-state index in [1.165, 1.54) is 12.1 Å². The van der Waals surface area contributed by atoms with Crippen LogP contribution in [0.3, 0.4) is 0 Å². The molecule has 148 valence electrons. The molecule has 3 aromatic rings. The van der Waals surface area contributed by atoms with Gasteiger partial charge in [-0.15, -0.1) is 0 Å². The zero-order chi connectivity index (χ0) is 20.3. The highest BCUT2D eigenvalue weighted by molar-refractivity contribution is 5.68. The third-order valence-electron chi connectivity index (χ3n) is 4.25. The maximum atomic E-state index is 13.1. The maximum Gasteiger partial charge on any atom is 0.416 e. The van der Waals surface area contributed by atoms with E-state index in [0.29, 0.717) is 35.2 Å². The zero-order valence-corrected chi connectivity index (χ0v) is 15.7. The van der Waals surface area contributed by atoms with Crippen LogP contribution in [0.5, 0.6) is 0 Å². The van der Waals surface area contributed by atoms with E-state index in [1.54, 1.807) is 31.3 Å². The summed E-state index contributed by atoms with van der Waals surface area (Å²) in [6.07, 6.45) is -2.77. The van der Waals surface area contributed by atoms with Crippen molar-refractivity contribution in [3.8, 4) is 11.5 Å². The van der Waals surface area contributed by atoms with Crippen molar-refractivity contribution in [3.05, 3.63) is 59.5 Å². The number of alkyl halides is 3. The van der Waals surface area contributed by atoms with Gasteiger partial charge >= 0.3 is 6.18 Å². The number of hydrogen-bond donors (Lipinski definition) is 1. The lowest BCUT2D eigenvalue weighted by Crippen LogP contribution is -2.27. The van der Waals surface area contributed by atoms with Gasteiger partial charge in [-0.3, -0.25) is 0 Å². The molecule has 0 bridgehead atoms. The Bertz CT molecular complexity index is 939. The lowest BCUT2D eigenvalue weighted by molar-refractivity contribution is -0.137. The van der Waals surface area contributed by atoms with E-state index in [-0.39, 0.29) is 6.04 Å². The summed E-state index contributed by atoms with van der Waals surface area (Å²) in [5.41, 5.74) is 0.514. The highest BCUT2D eigenvalue weighted by Gasteiger charge is 2.31. The smallest absolute Gasteiger partial charge is 0.367 e. The van der Waals surface area contributed by atoms with Crippen LogP contribution < -0.4 is 5.32 Å². The monoisotopic (exact) mass is 391 g/mol. The van der Waals surface area contributed by atoms with Gasteiger partial charge in [-0.2, -0.15) is 18.2 Å². The lowest BCUT2D eigenvalue weighted by Gasteiger charge is -2.26. The van der Waals surface area contributed by atoms with Crippen molar-refractivity contribution >= 4 is 5.82 Å². The molecule has 1 atom stereocenters. The predicted molar refractivity (Wildman–Crippen MR) is 98.6 cm³/mol. The van der Waals surface area contributed by atoms with Gasteiger partial charge in [0.15, 0.2) is 5.82 Å². The number of nitrogens with one attached hydrogen (secondary N) is 1. The van der Waals surface area contributed by atoms with Crippen molar-refractivity contribution in [2.75, 3.05) is 26.0 Å². The van der Waals surface area contributed by atoms with Gasteiger partial charge in [0.2, 0.25) is 0 Å². The van der Waals surface area contributed by atoms with Crippen molar-refractivity contribution < 1.29 is 17.7 Å². The van der Waals surface area contributed by atoms with E-state index in [2.05, 4.69) is 20.4 Å². The first-order valence-corrected chi connectivity index (χ1v) is 8.59. The second kappa shape index (κ2) is 7.97. The van der Waals surface area contributed by atoms with Gasteiger partial charge in [0.1, 0.15) is 5.82 Å². The highest BCUT2D eigenvalue weighted by atomic mass is 19.4. The van der Waals surface area contributed by atoms with E-state index < -0.39 is 11.7 Å². The number of halogens is 3. The van der Waals surface area contributed by atoms with Gasteiger partial charge in [-0.25, -0.2) is 4.98 Å². The van der Waals surface area contributed by atoms with Gasteiger partial charge in [-0.05, 0) is 50.8 Å². The van der Waals surface area contributed by atoms with Crippen molar-refractivity contribution in [1.29, 1.82) is 0 Å². The molecule has 0 saturated carbocycles. The molecule has 6 nitrogen and oxygen atoms in total. The van der Waals surface area contributed by atoms with Gasteiger partial charge in [0, 0.05) is 12.7 Å². The third-order valence-corrected chi connectivity index (χ3v) is 4.25. The normalized spacial score (nSPS) is 13.0. The van der Waals surface area contributed by atoms with Crippen LogP contribution in [-0.2, 0) is 6.18 Å². The fraction of sp³-hybridized carbons (Fsp3) is 0.316. The first-order chi connectivity index (χ1) is 13.3. The summed E-state index contributed by atoms with van der Waals surface area (Å²) in [6, 6.07) is 8.57. The number of nitrogens with zero attached hydrogens (tertiary/aromatic N) is 4. The van der Waals surface area contributed by atoms with Crippen molar-refractivity contribution in [2.45, 2.75) is 19.1 Å². The molecule has 0 amide bonds. The lowest BCUT2D eigenvalue weighted by atomic mass is 10.0. The third kappa shape index (κ3) is 4.48. The Morgan fingerprint density at radius 2 is 1.96 bits per heavy atom. The van der Waals surface area contributed by atoms with Crippen LogP contribution in [0.2, 0.25) is 0 Å². The Labute approximate surface area is 160 Å². The molecular weight excluding hydrogens is 371 g/mol. The number of aryl methyl sites for hydroxylation is 1. The fourth-order valence-corrected chi connectivity index (χ4v) is 2.84. The summed E-state index contributed by atoms with van der Waals surface area (Å²) in [4.78, 5) is 10.4. The molecule has 0 aliphatic rings. The first kappa shape index (κ1) is 19.8. The van der Waals surface area contributed by atoms with Crippen LogP contribution in [0.25, 0.3) is 11.5 Å². The summed E-state index contributed by atoms with van der Waals surface area (Å²) in [5, 5.41) is 6.98. The first-order valence-electron chi connectivity index (χ1n) is 8.59. The second-order valence-corrected chi connectivity index (χ2v) is 6.53. The summed E-state index contributed by atoms with van der Waals surface area (Å²) in [7, 11) is 3.63. The number of likely N-dealkylation sites (N-methyl/N-ethyl adjacent to an activating group) is 1. The molecule has 0 spiro atoms. The van der Waals surface area contributed by atoms with Crippen LogP contribution in [-0.4, -0.2) is 40.7 Å². The molecule has 0 saturated heterocycles. The number of pyridine rings is 1. The number of hydrogen-bond acceptors (Lipinski definition) is 6. The Morgan fingerprint density at radius 1 is 1.18 bits per heavy atom. The number of aromatic nitrogens is 3. The minimum Gasteiger partial charge on any atom is -0.367 e. The molecule has 3 rings (SSSR count). The summed E-state index contributed by atoms with van der Waals surface area (Å²) < 4.78 is 44.4. The zero-order valence-electron chi connectivity index (χ0n) is 15.7. The van der Waals surface area contributed by atoms with Crippen LogP contribution in [0.15, 0.2) is 47.1 Å². The molecule has 0 aliphatic heterocycles. The Hall–Kier alpha value is -2.94. The van der Waals surface area contributed by atoms with Crippen LogP contribution in [0, 0.1) is 6.92 Å². The molecule has 2 heterocycles. The van der Waals surface area contributed by atoms with Gasteiger partial charge in [0.05, 0.1) is 17.2 Å². The van der Waals surface area contributed by atoms with Crippen molar-refractivity contribution in [3.63, 3.8) is 0 Å². The summed E-state index contributed by atoms with van der Waals surface area (Å²) in [5.74, 6) is 1.35. The van der Waals surface area contributed by atoms with Crippen LogP contribution in [0.1, 0.15) is 23.0 Å². The SMILES string of the molecule is Cc1noc(-c2cccnc2NCC(c2cccc(C(F)(F)F)c2)N(C)C)n1.